The number of guanidine groups is 1. The van der Waals surface area contributed by atoms with Gasteiger partial charge in [-0.1, -0.05) is 12.1 Å². The van der Waals surface area contributed by atoms with E-state index < -0.39 is 0 Å². The second-order valence-corrected chi connectivity index (χ2v) is 6.05. The molecule has 0 unspecified atom stereocenters. The maximum Gasteiger partial charge on any atom is 0.191 e. The first-order chi connectivity index (χ1) is 12.1. The maximum absolute atomic E-state index is 5.72. The summed E-state index contributed by atoms with van der Waals surface area (Å²) in [7, 11) is 5.63. The number of aliphatic imine (C=N–C) groups is 1. The predicted octanol–water partition coefficient (Wildman–Crippen LogP) is 2.65. The summed E-state index contributed by atoms with van der Waals surface area (Å²) in [6.07, 6.45) is 1.05. The lowest BCUT2D eigenvalue weighted by molar-refractivity contribution is 0.161. The molecule has 0 radical (unpaired) electrons. The van der Waals surface area contributed by atoms with Crippen molar-refractivity contribution in [3.05, 3.63) is 29.3 Å². The molecule has 0 bridgehead atoms. The van der Waals surface area contributed by atoms with Gasteiger partial charge in [-0.15, -0.1) is 24.0 Å². The van der Waals surface area contributed by atoms with E-state index in [0.717, 1.165) is 49.9 Å². The van der Waals surface area contributed by atoms with Crippen LogP contribution in [-0.2, 0) is 11.3 Å². The van der Waals surface area contributed by atoms with Crippen molar-refractivity contribution in [2.24, 2.45) is 4.99 Å². The largest absolute Gasteiger partial charge is 0.494 e. The van der Waals surface area contributed by atoms with Crippen molar-refractivity contribution in [2.75, 3.05) is 54.1 Å². The van der Waals surface area contributed by atoms with Crippen molar-refractivity contribution in [3.8, 4) is 5.75 Å². The number of methoxy groups -OCH3 is 1. The van der Waals surface area contributed by atoms with Crippen LogP contribution < -0.4 is 15.4 Å². The summed E-state index contributed by atoms with van der Waals surface area (Å²) in [5, 5.41) is 6.71. The standard InChI is InChI=1S/C19H34N4O2.HI/c1-6-25-18-14-16(2)8-9-17(18)15-22-19(20-3)21-10-7-11-23(4)12-13-24-5;/h8-9,14H,6-7,10-13,15H2,1-5H3,(H2,20,21,22);1H. The lowest BCUT2D eigenvalue weighted by atomic mass is 10.1. The van der Waals surface area contributed by atoms with Gasteiger partial charge in [-0.05, 0) is 45.5 Å². The normalized spacial score (nSPS) is 11.2. The molecule has 1 aromatic carbocycles. The number of aryl methyl sites for hydroxylation is 1. The number of hydrogen-bond acceptors (Lipinski definition) is 4. The molecule has 7 heteroatoms. The van der Waals surface area contributed by atoms with Gasteiger partial charge in [0, 0.05) is 39.4 Å². The third-order valence-electron chi connectivity index (χ3n) is 3.88. The van der Waals surface area contributed by atoms with Crippen molar-refractivity contribution >= 4 is 29.9 Å². The third-order valence-corrected chi connectivity index (χ3v) is 3.88. The molecule has 0 spiro atoms. The molecule has 0 aliphatic rings. The van der Waals surface area contributed by atoms with Crippen LogP contribution in [0.1, 0.15) is 24.5 Å². The van der Waals surface area contributed by atoms with Crippen molar-refractivity contribution in [1.29, 1.82) is 0 Å². The van der Waals surface area contributed by atoms with Gasteiger partial charge >= 0.3 is 0 Å². The number of likely N-dealkylation sites (N-methyl/N-ethyl adjacent to an activating group) is 1. The van der Waals surface area contributed by atoms with Crippen LogP contribution in [0, 0.1) is 6.92 Å². The van der Waals surface area contributed by atoms with Gasteiger partial charge in [-0.3, -0.25) is 4.99 Å². The molecule has 1 rings (SSSR count). The number of benzene rings is 1. The average molecular weight is 478 g/mol. The van der Waals surface area contributed by atoms with Gasteiger partial charge in [0.1, 0.15) is 5.75 Å². The second kappa shape index (κ2) is 15.0. The molecular formula is C19H35IN4O2. The van der Waals surface area contributed by atoms with E-state index in [0.29, 0.717) is 13.2 Å². The van der Waals surface area contributed by atoms with Crippen LogP contribution in [-0.4, -0.2) is 64.9 Å². The van der Waals surface area contributed by atoms with Gasteiger partial charge in [-0.25, -0.2) is 0 Å². The predicted molar refractivity (Wildman–Crippen MR) is 120 cm³/mol. The van der Waals surface area contributed by atoms with E-state index in [4.69, 9.17) is 9.47 Å². The molecule has 26 heavy (non-hydrogen) atoms. The molecule has 1 aromatic rings. The van der Waals surface area contributed by atoms with Gasteiger partial charge in [0.05, 0.1) is 13.2 Å². The molecule has 0 heterocycles. The van der Waals surface area contributed by atoms with Crippen LogP contribution in [0.2, 0.25) is 0 Å². The first-order valence-corrected chi connectivity index (χ1v) is 8.95. The van der Waals surface area contributed by atoms with Crippen molar-refractivity contribution in [1.82, 2.24) is 15.5 Å². The number of nitrogens with one attached hydrogen (secondary N) is 2. The highest BCUT2D eigenvalue weighted by Gasteiger charge is 2.05. The maximum atomic E-state index is 5.72. The molecule has 0 saturated carbocycles. The minimum Gasteiger partial charge on any atom is -0.494 e. The number of nitrogens with zero attached hydrogens (tertiary/aromatic N) is 2. The average Bonchev–Trinajstić information content (AvgIpc) is 2.61. The highest BCUT2D eigenvalue weighted by atomic mass is 127. The van der Waals surface area contributed by atoms with Crippen LogP contribution >= 0.6 is 24.0 Å². The quantitative estimate of drug-likeness (QED) is 0.222. The molecule has 0 atom stereocenters. The minimum atomic E-state index is 0. The molecular weight excluding hydrogens is 443 g/mol. The van der Waals surface area contributed by atoms with E-state index in [1.54, 1.807) is 14.2 Å². The highest BCUT2D eigenvalue weighted by Crippen LogP contribution is 2.20. The summed E-state index contributed by atoms with van der Waals surface area (Å²) in [4.78, 5) is 6.55. The van der Waals surface area contributed by atoms with Crippen LogP contribution in [0.4, 0.5) is 0 Å². The molecule has 0 saturated heterocycles. The summed E-state index contributed by atoms with van der Waals surface area (Å²) >= 11 is 0. The Morgan fingerprint density at radius 1 is 1.23 bits per heavy atom. The SMILES string of the molecule is CCOc1cc(C)ccc1CNC(=NC)NCCCN(C)CCOC.I. The monoisotopic (exact) mass is 478 g/mol. The summed E-state index contributed by atoms with van der Waals surface area (Å²) in [6.45, 7) is 9.06. The van der Waals surface area contributed by atoms with Crippen LogP contribution in [0.15, 0.2) is 23.2 Å². The Morgan fingerprint density at radius 2 is 2.00 bits per heavy atom. The van der Waals surface area contributed by atoms with Crippen molar-refractivity contribution in [3.63, 3.8) is 0 Å². The zero-order valence-corrected chi connectivity index (χ0v) is 19.1. The van der Waals surface area contributed by atoms with Crippen LogP contribution in [0.5, 0.6) is 5.75 Å². The summed E-state index contributed by atoms with van der Waals surface area (Å²) in [6, 6.07) is 6.28. The minimum absolute atomic E-state index is 0. The molecule has 0 aliphatic carbocycles. The first-order valence-electron chi connectivity index (χ1n) is 8.95. The van der Waals surface area contributed by atoms with Crippen molar-refractivity contribution in [2.45, 2.75) is 26.8 Å². The number of halogens is 1. The Bertz CT molecular complexity index is 526. The smallest absolute Gasteiger partial charge is 0.191 e. The second-order valence-electron chi connectivity index (χ2n) is 6.05. The fourth-order valence-corrected chi connectivity index (χ4v) is 2.41. The topological polar surface area (TPSA) is 58.1 Å². The Balaban J connectivity index is 0.00000625. The zero-order chi connectivity index (χ0) is 18.5. The molecule has 6 nitrogen and oxygen atoms in total. The number of rotatable bonds is 11. The van der Waals surface area contributed by atoms with Gasteiger partial charge in [0.15, 0.2) is 5.96 Å². The van der Waals surface area contributed by atoms with Gasteiger partial charge in [0.2, 0.25) is 0 Å². The van der Waals surface area contributed by atoms with E-state index >= 15 is 0 Å². The van der Waals surface area contributed by atoms with E-state index in [-0.39, 0.29) is 24.0 Å². The third kappa shape index (κ3) is 10.2. The Labute approximate surface area is 175 Å². The molecule has 150 valence electrons. The Kier molecular flexibility index (Phi) is 14.4. The van der Waals surface area contributed by atoms with E-state index in [1.807, 2.05) is 6.92 Å². The molecule has 2 N–H and O–H groups in total. The molecule has 0 aromatic heterocycles. The Hall–Kier alpha value is -1.06. The molecule has 0 fully saturated rings. The Morgan fingerprint density at radius 3 is 2.65 bits per heavy atom. The van der Waals surface area contributed by atoms with Crippen LogP contribution in [0.3, 0.4) is 0 Å². The summed E-state index contributed by atoms with van der Waals surface area (Å²) in [5.74, 6) is 1.74. The van der Waals surface area contributed by atoms with Gasteiger partial charge in [0.25, 0.3) is 0 Å². The van der Waals surface area contributed by atoms with Crippen molar-refractivity contribution < 1.29 is 9.47 Å². The highest BCUT2D eigenvalue weighted by molar-refractivity contribution is 14.0. The number of ether oxygens (including phenoxy) is 2. The summed E-state index contributed by atoms with van der Waals surface area (Å²) in [5.41, 5.74) is 2.34. The number of hydrogen-bond donors (Lipinski definition) is 2. The fraction of sp³-hybridized carbons (Fsp3) is 0.632. The van der Waals surface area contributed by atoms with E-state index in [1.165, 1.54) is 5.56 Å². The lowest BCUT2D eigenvalue weighted by Gasteiger charge is -2.17. The van der Waals surface area contributed by atoms with Gasteiger partial charge < -0.3 is 25.0 Å². The molecule has 0 amide bonds. The summed E-state index contributed by atoms with van der Waals surface area (Å²) < 4.78 is 10.8. The lowest BCUT2D eigenvalue weighted by Crippen LogP contribution is -2.38. The first kappa shape index (κ1) is 24.9. The van der Waals surface area contributed by atoms with E-state index in [9.17, 15) is 0 Å². The van der Waals surface area contributed by atoms with Gasteiger partial charge in [-0.2, -0.15) is 0 Å². The van der Waals surface area contributed by atoms with E-state index in [2.05, 4.69) is 52.7 Å². The molecule has 0 aliphatic heterocycles. The van der Waals surface area contributed by atoms with Crippen LogP contribution in [0.25, 0.3) is 0 Å². The zero-order valence-electron chi connectivity index (χ0n) is 16.8. The fourth-order valence-electron chi connectivity index (χ4n) is 2.41.